The first-order valence-electron chi connectivity index (χ1n) is 0.871. The van der Waals surface area contributed by atoms with Crippen molar-refractivity contribution in [3.63, 3.8) is 0 Å². The molecule has 0 aromatic carbocycles. The van der Waals surface area contributed by atoms with Crippen molar-refractivity contribution < 1.29 is 0 Å². The van der Waals surface area contributed by atoms with Crippen LogP contribution in [0, 0.1) is 5.16 Å². The van der Waals surface area contributed by atoms with Crippen LogP contribution in [-0.4, -0.2) is 7.05 Å². The summed E-state index contributed by atoms with van der Waals surface area (Å²) in [7, 11) is 1.98. The van der Waals surface area contributed by atoms with Crippen LogP contribution in [0.3, 0.4) is 0 Å². The monoisotopic (exact) mass is 75.0 g/mol. The van der Waals surface area contributed by atoms with Gasteiger partial charge < -0.3 is 0 Å². The number of hydrogen-bond acceptors (Lipinski definition) is 2. The standard InChI is InChI=1S/CH4N2P/c1-3-4-2/h2H,1H3/q+1. The molecular formula is CH4N2P+. The van der Waals surface area contributed by atoms with Crippen molar-refractivity contribution in [2.24, 2.45) is 4.74 Å². The van der Waals surface area contributed by atoms with E-state index >= 15 is 0 Å². The second kappa shape index (κ2) is 3.03. The molecule has 1 N–H and O–H groups in total. The van der Waals surface area contributed by atoms with Crippen molar-refractivity contribution in [1.29, 1.82) is 5.16 Å². The normalized spacial score (nSPS) is 5.25. The Labute approximate surface area is 26.3 Å². The van der Waals surface area contributed by atoms with Crippen LogP contribution >= 0.6 is 8.16 Å². The minimum absolute atomic E-state index is 0.373. The molecule has 0 saturated heterocycles. The molecule has 0 fully saturated rings. The van der Waals surface area contributed by atoms with E-state index in [-0.39, 0.29) is 0 Å². The molecule has 0 aromatic heterocycles. The molecular weight excluding hydrogens is 71.0 g/mol. The van der Waals surface area contributed by atoms with Crippen LogP contribution in [0.1, 0.15) is 0 Å². The average molecular weight is 75.0 g/mol. The third kappa shape index (κ3) is 2.03. The molecule has 0 unspecified atom stereocenters. The summed E-state index contributed by atoms with van der Waals surface area (Å²) in [6, 6.07) is 0. The van der Waals surface area contributed by atoms with Gasteiger partial charge in [-0.15, -0.1) is 0 Å². The molecule has 0 amide bonds. The molecule has 0 aliphatic carbocycles. The Morgan fingerprint density at radius 2 is 2.25 bits per heavy atom. The van der Waals surface area contributed by atoms with E-state index in [9.17, 15) is 0 Å². The fourth-order valence-corrected chi connectivity index (χ4v) is 0. The maximum atomic E-state index is 6.26. The third-order valence-corrected chi connectivity index (χ3v) is 0.300. The first-order chi connectivity index (χ1) is 1.91. The van der Waals surface area contributed by atoms with Crippen molar-refractivity contribution >= 4 is 8.16 Å². The van der Waals surface area contributed by atoms with Crippen LogP contribution in [0.15, 0.2) is 4.74 Å². The second-order valence-corrected chi connectivity index (χ2v) is 0.900. The Hall–Kier alpha value is 0.0300. The van der Waals surface area contributed by atoms with Gasteiger partial charge in [0.2, 0.25) is 0 Å². The molecule has 0 rings (SSSR count). The summed E-state index contributed by atoms with van der Waals surface area (Å²) < 4.78 is 3.38. The minimum atomic E-state index is 0.373. The van der Waals surface area contributed by atoms with Gasteiger partial charge in [0, 0.05) is 0 Å². The molecule has 0 aliphatic heterocycles. The topological polar surface area (TPSA) is 36.2 Å². The second-order valence-electron chi connectivity index (χ2n) is 0.300. The molecule has 4 heavy (non-hydrogen) atoms. The molecule has 0 radical (unpaired) electrons. The summed E-state index contributed by atoms with van der Waals surface area (Å²) >= 11 is 0. The van der Waals surface area contributed by atoms with E-state index in [0.29, 0.717) is 8.16 Å². The summed E-state index contributed by atoms with van der Waals surface area (Å²) in [4.78, 5) is 0. The Balaban J connectivity index is 3.11. The number of hydrogen-bond donors (Lipinski definition) is 1. The summed E-state index contributed by atoms with van der Waals surface area (Å²) in [6.07, 6.45) is 0. The van der Waals surface area contributed by atoms with E-state index in [4.69, 9.17) is 5.16 Å². The van der Waals surface area contributed by atoms with Crippen LogP contribution in [0.25, 0.3) is 0 Å². The predicted molar refractivity (Wildman–Crippen MR) is 18.0 cm³/mol. The van der Waals surface area contributed by atoms with Gasteiger partial charge in [-0.05, 0) is 0 Å². The van der Waals surface area contributed by atoms with E-state index in [0.717, 1.165) is 0 Å². The van der Waals surface area contributed by atoms with Crippen LogP contribution < -0.4 is 0 Å². The SMILES string of the molecule is CN=[P+]=N. The maximum absolute atomic E-state index is 6.26. The van der Waals surface area contributed by atoms with Crippen LogP contribution in [0.2, 0.25) is 0 Å². The average Bonchev–Trinajstić information content (AvgIpc) is 1.37. The Morgan fingerprint density at radius 1 is 2.00 bits per heavy atom. The van der Waals surface area contributed by atoms with E-state index in [1.807, 2.05) is 0 Å². The van der Waals surface area contributed by atoms with Gasteiger partial charge in [0.15, 0.2) is 0 Å². The fraction of sp³-hybridized carbons (Fsp3) is 1.00. The van der Waals surface area contributed by atoms with Gasteiger partial charge >= 0.3 is 25.1 Å². The van der Waals surface area contributed by atoms with Crippen molar-refractivity contribution in [2.45, 2.75) is 0 Å². The summed E-state index contributed by atoms with van der Waals surface area (Å²) in [6.45, 7) is 0. The molecule has 0 atom stereocenters. The zero-order valence-corrected chi connectivity index (χ0v) is 3.29. The van der Waals surface area contributed by atoms with Crippen molar-refractivity contribution in [2.75, 3.05) is 7.05 Å². The van der Waals surface area contributed by atoms with E-state index in [1.54, 1.807) is 7.05 Å². The molecule has 0 saturated carbocycles. The van der Waals surface area contributed by atoms with E-state index in [1.165, 1.54) is 0 Å². The zero-order chi connectivity index (χ0) is 3.41. The molecule has 2 nitrogen and oxygen atoms in total. The zero-order valence-electron chi connectivity index (χ0n) is 2.39. The molecule has 0 aromatic rings. The number of nitrogens with one attached hydrogen (secondary N) is 1. The van der Waals surface area contributed by atoms with E-state index in [2.05, 4.69) is 4.74 Å². The number of rotatable bonds is 0. The first-order valence-corrected chi connectivity index (χ1v) is 1.72. The van der Waals surface area contributed by atoms with Gasteiger partial charge in [-0.25, -0.2) is 0 Å². The van der Waals surface area contributed by atoms with Gasteiger partial charge in [-0.2, -0.15) is 0 Å². The van der Waals surface area contributed by atoms with Gasteiger partial charge in [-0.1, -0.05) is 0 Å². The van der Waals surface area contributed by atoms with Crippen molar-refractivity contribution in [3.8, 4) is 0 Å². The van der Waals surface area contributed by atoms with E-state index < -0.39 is 0 Å². The summed E-state index contributed by atoms with van der Waals surface area (Å²) in [5.41, 5.74) is 0. The molecule has 0 heterocycles. The molecule has 0 bridgehead atoms. The Bertz CT molecular complexity index is 44.0. The number of nitrogens with zero attached hydrogens (tertiary/aromatic N) is 1. The van der Waals surface area contributed by atoms with Crippen LogP contribution in [0.4, 0.5) is 0 Å². The van der Waals surface area contributed by atoms with Crippen LogP contribution in [0.5, 0.6) is 0 Å². The van der Waals surface area contributed by atoms with Crippen molar-refractivity contribution in [3.05, 3.63) is 0 Å². The van der Waals surface area contributed by atoms with Gasteiger partial charge in [-0.3, -0.25) is 0 Å². The van der Waals surface area contributed by atoms with Crippen LogP contribution in [-0.2, 0) is 0 Å². The first kappa shape index (κ1) is 4.03. The fourth-order valence-electron chi connectivity index (χ4n) is 0. The molecule has 0 aliphatic rings. The predicted octanol–water partition coefficient (Wildman–Crippen LogP) is 1.51. The van der Waals surface area contributed by atoms with Crippen molar-refractivity contribution in [1.82, 2.24) is 0 Å². The Kier molecular flexibility index (Phi) is 3.05. The third-order valence-electron chi connectivity index (χ3n) is 0.100. The van der Waals surface area contributed by atoms with Gasteiger partial charge in [0.1, 0.15) is 0 Å². The van der Waals surface area contributed by atoms with Gasteiger partial charge in [0.25, 0.3) is 0 Å². The molecule has 22 valence electrons. The summed E-state index contributed by atoms with van der Waals surface area (Å²) in [5.74, 6) is 0. The molecule has 3 heteroatoms. The van der Waals surface area contributed by atoms with Gasteiger partial charge in [0.05, 0.1) is 0 Å². The Morgan fingerprint density at radius 3 is 2.25 bits per heavy atom. The quantitative estimate of drug-likeness (QED) is 0.423. The summed E-state index contributed by atoms with van der Waals surface area (Å²) in [5, 5.41) is 6.26. The molecule has 0 spiro atoms.